The molecule has 0 heterocycles. The van der Waals surface area contributed by atoms with E-state index in [0.29, 0.717) is 18.7 Å². The Morgan fingerprint density at radius 2 is 1.91 bits per heavy atom. The Kier molecular flexibility index (Phi) is 7.35. The van der Waals surface area contributed by atoms with Gasteiger partial charge in [0.1, 0.15) is 18.5 Å². The first-order chi connectivity index (χ1) is 10.3. The molecule has 0 amide bonds. The van der Waals surface area contributed by atoms with Gasteiger partial charge in [0, 0.05) is 18.5 Å². The van der Waals surface area contributed by atoms with Crippen LogP contribution in [0.1, 0.15) is 39.2 Å². The molecule has 0 spiro atoms. The van der Waals surface area contributed by atoms with Crippen molar-refractivity contribution in [2.24, 2.45) is 0 Å². The number of β-amino-alcohol motifs (C(OH)–C–C–N with tert-alkyl or cyclic N) is 1. The van der Waals surface area contributed by atoms with Crippen LogP contribution in [0.25, 0.3) is 0 Å². The van der Waals surface area contributed by atoms with Gasteiger partial charge in [-0.2, -0.15) is 0 Å². The number of carboxylic acid groups (broad SMARTS) is 1. The minimum absolute atomic E-state index is 0.0292. The van der Waals surface area contributed by atoms with Gasteiger partial charge < -0.3 is 20.3 Å². The molecule has 1 unspecified atom stereocenters. The summed E-state index contributed by atoms with van der Waals surface area (Å²) < 4.78 is 5.55. The number of carbonyl (C=O) groups is 1. The Balaban J connectivity index is 2.30. The maximum absolute atomic E-state index is 10.5. The van der Waals surface area contributed by atoms with E-state index in [9.17, 15) is 9.90 Å². The lowest BCUT2D eigenvalue weighted by Gasteiger charge is -2.23. The van der Waals surface area contributed by atoms with Gasteiger partial charge in [0.2, 0.25) is 0 Å². The third kappa shape index (κ3) is 8.64. The van der Waals surface area contributed by atoms with Crippen molar-refractivity contribution >= 4 is 5.97 Å². The summed E-state index contributed by atoms with van der Waals surface area (Å²) in [6, 6.07) is 7.55. The second-order valence-corrected chi connectivity index (χ2v) is 6.49. The summed E-state index contributed by atoms with van der Waals surface area (Å²) in [5, 5.41) is 21.7. The molecule has 0 bridgehead atoms. The lowest BCUT2D eigenvalue weighted by atomic mass is 10.1. The highest BCUT2D eigenvalue weighted by atomic mass is 16.5. The second-order valence-electron chi connectivity index (χ2n) is 6.49. The first-order valence-electron chi connectivity index (χ1n) is 7.63. The molecule has 1 rings (SSSR count). The van der Waals surface area contributed by atoms with Gasteiger partial charge in [-0.1, -0.05) is 12.1 Å². The standard InChI is InChI=1S/C17H27NO4/c1-17(2,3)18-11-14(19)12-22-15-9-7-13(8-10-15)5-4-6-16(20)21/h7-10,14,18-19H,4-6,11-12H2,1-3H3,(H,20,21). The number of rotatable bonds is 9. The first kappa shape index (κ1) is 18.5. The highest BCUT2D eigenvalue weighted by Crippen LogP contribution is 2.14. The topological polar surface area (TPSA) is 78.8 Å². The number of hydrogen-bond donors (Lipinski definition) is 3. The Labute approximate surface area is 132 Å². The summed E-state index contributed by atoms with van der Waals surface area (Å²) in [6.07, 6.45) is 0.998. The van der Waals surface area contributed by atoms with Crippen molar-refractivity contribution in [2.75, 3.05) is 13.2 Å². The van der Waals surface area contributed by atoms with E-state index in [1.165, 1.54) is 0 Å². The van der Waals surface area contributed by atoms with Crippen molar-refractivity contribution in [3.05, 3.63) is 29.8 Å². The monoisotopic (exact) mass is 309 g/mol. The van der Waals surface area contributed by atoms with Gasteiger partial charge >= 0.3 is 5.97 Å². The number of aliphatic hydroxyl groups is 1. The van der Waals surface area contributed by atoms with Crippen molar-refractivity contribution in [1.29, 1.82) is 0 Å². The molecule has 0 aliphatic carbocycles. The molecule has 22 heavy (non-hydrogen) atoms. The van der Waals surface area contributed by atoms with Gasteiger partial charge in [-0.05, 0) is 51.3 Å². The summed E-state index contributed by atoms with van der Waals surface area (Å²) >= 11 is 0. The van der Waals surface area contributed by atoms with Crippen molar-refractivity contribution in [3.63, 3.8) is 0 Å². The third-order valence-electron chi connectivity index (χ3n) is 3.09. The molecule has 3 N–H and O–H groups in total. The molecule has 5 nitrogen and oxygen atoms in total. The van der Waals surface area contributed by atoms with Gasteiger partial charge in [0.15, 0.2) is 0 Å². The lowest BCUT2D eigenvalue weighted by Crippen LogP contribution is -2.42. The van der Waals surface area contributed by atoms with E-state index in [2.05, 4.69) is 5.32 Å². The van der Waals surface area contributed by atoms with E-state index in [1.54, 1.807) is 0 Å². The molecule has 1 aromatic rings. The van der Waals surface area contributed by atoms with Crippen LogP contribution in [0.4, 0.5) is 0 Å². The van der Waals surface area contributed by atoms with E-state index in [1.807, 2.05) is 45.0 Å². The SMILES string of the molecule is CC(C)(C)NCC(O)COc1ccc(CCCC(=O)O)cc1. The Morgan fingerprint density at radius 1 is 1.27 bits per heavy atom. The van der Waals surface area contributed by atoms with Crippen LogP contribution < -0.4 is 10.1 Å². The largest absolute Gasteiger partial charge is 0.491 e. The summed E-state index contributed by atoms with van der Waals surface area (Å²) in [6.45, 7) is 6.86. The molecular weight excluding hydrogens is 282 g/mol. The van der Waals surface area contributed by atoms with Crippen LogP contribution >= 0.6 is 0 Å². The van der Waals surface area contributed by atoms with Crippen LogP contribution in [-0.2, 0) is 11.2 Å². The maximum atomic E-state index is 10.5. The molecule has 0 saturated carbocycles. The van der Waals surface area contributed by atoms with Crippen LogP contribution in [-0.4, -0.2) is 41.0 Å². The lowest BCUT2D eigenvalue weighted by molar-refractivity contribution is -0.137. The number of nitrogens with one attached hydrogen (secondary N) is 1. The fourth-order valence-corrected chi connectivity index (χ4v) is 1.87. The number of hydrogen-bond acceptors (Lipinski definition) is 4. The summed E-state index contributed by atoms with van der Waals surface area (Å²) in [5.74, 6) is -0.0606. The Bertz CT molecular complexity index is 451. The smallest absolute Gasteiger partial charge is 0.303 e. The fourth-order valence-electron chi connectivity index (χ4n) is 1.87. The Hall–Kier alpha value is -1.59. The molecule has 0 radical (unpaired) electrons. The van der Waals surface area contributed by atoms with E-state index in [0.717, 1.165) is 12.0 Å². The zero-order chi connectivity index (χ0) is 16.6. The second kappa shape index (κ2) is 8.76. The van der Waals surface area contributed by atoms with Gasteiger partial charge in [0.05, 0.1) is 0 Å². The molecule has 0 aromatic heterocycles. The van der Waals surface area contributed by atoms with E-state index < -0.39 is 12.1 Å². The minimum Gasteiger partial charge on any atom is -0.491 e. The van der Waals surface area contributed by atoms with Gasteiger partial charge in [-0.25, -0.2) is 0 Å². The molecule has 1 aromatic carbocycles. The third-order valence-corrected chi connectivity index (χ3v) is 3.09. The van der Waals surface area contributed by atoms with Crippen molar-refractivity contribution < 1.29 is 19.7 Å². The zero-order valence-corrected chi connectivity index (χ0v) is 13.6. The number of aryl methyl sites for hydroxylation is 1. The fraction of sp³-hybridized carbons (Fsp3) is 0.588. The van der Waals surface area contributed by atoms with Crippen molar-refractivity contribution in [3.8, 4) is 5.75 Å². The highest BCUT2D eigenvalue weighted by Gasteiger charge is 2.12. The van der Waals surface area contributed by atoms with Gasteiger partial charge in [-0.15, -0.1) is 0 Å². The van der Waals surface area contributed by atoms with Crippen molar-refractivity contribution in [1.82, 2.24) is 5.32 Å². The van der Waals surface area contributed by atoms with Crippen LogP contribution in [0.2, 0.25) is 0 Å². The number of ether oxygens (including phenoxy) is 1. The van der Waals surface area contributed by atoms with E-state index in [4.69, 9.17) is 9.84 Å². The number of aliphatic hydroxyl groups excluding tert-OH is 1. The Morgan fingerprint density at radius 3 is 2.45 bits per heavy atom. The molecule has 0 aliphatic rings. The number of aliphatic carboxylic acids is 1. The summed E-state index contributed by atoms with van der Waals surface area (Å²) in [5.41, 5.74) is 1.06. The van der Waals surface area contributed by atoms with E-state index in [-0.39, 0.29) is 18.6 Å². The van der Waals surface area contributed by atoms with Crippen LogP contribution in [0.5, 0.6) is 5.75 Å². The summed E-state index contributed by atoms with van der Waals surface area (Å²) in [4.78, 5) is 10.5. The molecule has 0 aliphatic heterocycles. The average molecular weight is 309 g/mol. The predicted octanol–water partition coefficient (Wildman–Crippen LogP) is 2.22. The van der Waals surface area contributed by atoms with E-state index >= 15 is 0 Å². The summed E-state index contributed by atoms with van der Waals surface area (Å²) in [7, 11) is 0. The average Bonchev–Trinajstić information content (AvgIpc) is 2.43. The molecule has 5 heteroatoms. The maximum Gasteiger partial charge on any atom is 0.303 e. The molecular formula is C17H27NO4. The quantitative estimate of drug-likeness (QED) is 0.652. The molecule has 0 saturated heterocycles. The first-order valence-corrected chi connectivity index (χ1v) is 7.63. The van der Waals surface area contributed by atoms with Crippen molar-refractivity contribution in [2.45, 2.75) is 51.7 Å². The predicted molar refractivity (Wildman–Crippen MR) is 86.3 cm³/mol. The highest BCUT2D eigenvalue weighted by molar-refractivity contribution is 5.66. The van der Waals surface area contributed by atoms with Crippen LogP contribution in [0.3, 0.4) is 0 Å². The minimum atomic E-state index is -0.766. The number of benzene rings is 1. The van der Waals surface area contributed by atoms with Crippen LogP contribution in [0, 0.1) is 0 Å². The van der Waals surface area contributed by atoms with Crippen LogP contribution in [0.15, 0.2) is 24.3 Å². The number of carboxylic acids is 1. The van der Waals surface area contributed by atoms with Gasteiger partial charge in [-0.3, -0.25) is 4.79 Å². The molecule has 1 atom stereocenters. The molecule has 0 fully saturated rings. The normalized spacial score (nSPS) is 12.9. The zero-order valence-electron chi connectivity index (χ0n) is 13.6. The van der Waals surface area contributed by atoms with Gasteiger partial charge in [0.25, 0.3) is 0 Å². The molecule has 124 valence electrons.